The second-order valence-corrected chi connectivity index (χ2v) is 3.05. The first-order chi connectivity index (χ1) is 6.40. The molecule has 0 heterocycles. The summed E-state index contributed by atoms with van der Waals surface area (Å²) >= 11 is 0. The quantitative estimate of drug-likeness (QED) is 0.672. The molecule has 0 aromatic heterocycles. The summed E-state index contributed by atoms with van der Waals surface area (Å²) in [6.07, 6.45) is 2.73. The fraction of sp³-hybridized carbons (Fsp3) is 0.500. The number of hydrogen-bond acceptors (Lipinski definition) is 1. The van der Waals surface area contributed by atoms with Gasteiger partial charge in [0.05, 0.1) is 7.11 Å². The van der Waals surface area contributed by atoms with Crippen molar-refractivity contribution in [1.29, 1.82) is 0 Å². The maximum Gasteiger partial charge on any atom is 0.118 e. The molecule has 1 fully saturated rings. The second-order valence-electron chi connectivity index (χ2n) is 3.05. The molecule has 0 atom stereocenters. The highest BCUT2D eigenvalue weighted by Crippen LogP contribution is 2.40. The molecule has 1 aliphatic carbocycles. The summed E-state index contributed by atoms with van der Waals surface area (Å²) in [6.45, 7) is 4.00. The van der Waals surface area contributed by atoms with Crippen molar-refractivity contribution in [2.75, 3.05) is 7.11 Å². The van der Waals surface area contributed by atoms with E-state index in [0.717, 1.165) is 11.7 Å². The normalized spacial score (nSPS) is 14.4. The van der Waals surface area contributed by atoms with Gasteiger partial charge in [-0.1, -0.05) is 26.0 Å². The summed E-state index contributed by atoms with van der Waals surface area (Å²) in [6, 6.07) is 8.40. The molecule has 1 saturated carbocycles. The van der Waals surface area contributed by atoms with Crippen LogP contribution in [-0.4, -0.2) is 7.11 Å². The average molecular weight is 178 g/mol. The van der Waals surface area contributed by atoms with E-state index in [1.54, 1.807) is 7.11 Å². The van der Waals surface area contributed by atoms with Crippen molar-refractivity contribution in [2.45, 2.75) is 32.6 Å². The molecular weight excluding hydrogens is 160 g/mol. The van der Waals surface area contributed by atoms with Gasteiger partial charge in [-0.3, -0.25) is 0 Å². The van der Waals surface area contributed by atoms with Crippen molar-refractivity contribution in [3.8, 4) is 5.75 Å². The molecule has 0 radical (unpaired) electrons. The van der Waals surface area contributed by atoms with Crippen molar-refractivity contribution in [2.24, 2.45) is 0 Å². The molecular formula is C12H18O. The zero-order chi connectivity index (χ0) is 9.68. The highest BCUT2D eigenvalue weighted by atomic mass is 16.5. The summed E-state index contributed by atoms with van der Waals surface area (Å²) in [5, 5.41) is 0. The van der Waals surface area contributed by atoms with Gasteiger partial charge in [0.25, 0.3) is 0 Å². The Morgan fingerprint density at radius 3 is 2.00 bits per heavy atom. The molecule has 13 heavy (non-hydrogen) atoms. The fourth-order valence-corrected chi connectivity index (χ4v) is 1.29. The highest BCUT2D eigenvalue weighted by molar-refractivity contribution is 5.31. The van der Waals surface area contributed by atoms with E-state index in [-0.39, 0.29) is 0 Å². The largest absolute Gasteiger partial charge is 0.497 e. The number of ether oxygens (including phenoxy) is 1. The lowest BCUT2D eigenvalue weighted by Crippen LogP contribution is -1.83. The molecule has 1 aliphatic rings. The van der Waals surface area contributed by atoms with E-state index < -0.39 is 0 Å². The molecule has 0 aliphatic heterocycles. The second kappa shape index (κ2) is 4.90. The zero-order valence-electron chi connectivity index (χ0n) is 8.71. The summed E-state index contributed by atoms with van der Waals surface area (Å²) in [5.41, 5.74) is 1.46. The SMILES string of the molecule is CC.COc1ccc(C2CC2)cc1. The summed E-state index contributed by atoms with van der Waals surface area (Å²) in [5.74, 6) is 1.80. The Kier molecular flexibility index (Phi) is 3.81. The standard InChI is InChI=1S/C10H12O.C2H6/c1-11-10-6-4-9(5-7-10)8-2-3-8;1-2/h4-8H,2-3H2,1H3;1-2H3. The van der Waals surface area contributed by atoms with E-state index in [4.69, 9.17) is 4.74 Å². The van der Waals surface area contributed by atoms with Gasteiger partial charge in [0.1, 0.15) is 5.75 Å². The minimum absolute atomic E-state index is 0.848. The fourth-order valence-electron chi connectivity index (χ4n) is 1.29. The average Bonchev–Trinajstić information content (AvgIpc) is 3.05. The van der Waals surface area contributed by atoms with E-state index in [0.29, 0.717) is 0 Å². The van der Waals surface area contributed by atoms with Gasteiger partial charge in [-0.15, -0.1) is 0 Å². The van der Waals surface area contributed by atoms with Crippen molar-refractivity contribution in [3.05, 3.63) is 29.8 Å². The minimum atomic E-state index is 0.848. The topological polar surface area (TPSA) is 9.23 Å². The van der Waals surface area contributed by atoms with Gasteiger partial charge in [0, 0.05) is 0 Å². The number of benzene rings is 1. The lowest BCUT2D eigenvalue weighted by atomic mass is 10.1. The van der Waals surface area contributed by atoms with Crippen LogP contribution in [-0.2, 0) is 0 Å². The maximum absolute atomic E-state index is 5.07. The van der Waals surface area contributed by atoms with Gasteiger partial charge in [-0.25, -0.2) is 0 Å². The van der Waals surface area contributed by atoms with Gasteiger partial charge < -0.3 is 4.74 Å². The van der Waals surface area contributed by atoms with Crippen LogP contribution in [0.1, 0.15) is 38.2 Å². The Labute approximate surface area is 80.7 Å². The molecule has 72 valence electrons. The monoisotopic (exact) mass is 178 g/mol. The van der Waals surface area contributed by atoms with Crippen LogP contribution >= 0.6 is 0 Å². The first kappa shape index (κ1) is 10.1. The molecule has 0 unspecified atom stereocenters. The van der Waals surface area contributed by atoms with E-state index in [1.165, 1.54) is 18.4 Å². The third-order valence-electron chi connectivity index (χ3n) is 2.16. The Morgan fingerprint density at radius 1 is 1.08 bits per heavy atom. The molecule has 1 nitrogen and oxygen atoms in total. The Balaban J connectivity index is 0.000000396. The number of methoxy groups -OCH3 is 1. The van der Waals surface area contributed by atoms with Crippen LogP contribution in [0.25, 0.3) is 0 Å². The first-order valence-electron chi connectivity index (χ1n) is 5.04. The van der Waals surface area contributed by atoms with Crippen LogP contribution in [0.15, 0.2) is 24.3 Å². The lowest BCUT2D eigenvalue weighted by Gasteiger charge is -2.00. The zero-order valence-corrected chi connectivity index (χ0v) is 8.71. The van der Waals surface area contributed by atoms with Crippen molar-refractivity contribution in [1.82, 2.24) is 0 Å². The molecule has 1 heteroatoms. The summed E-state index contributed by atoms with van der Waals surface area (Å²) < 4.78 is 5.07. The maximum atomic E-state index is 5.07. The molecule has 1 aromatic rings. The van der Waals surface area contributed by atoms with Crippen molar-refractivity contribution < 1.29 is 4.74 Å². The molecule has 2 rings (SSSR count). The van der Waals surface area contributed by atoms with Crippen LogP contribution in [0.2, 0.25) is 0 Å². The lowest BCUT2D eigenvalue weighted by molar-refractivity contribution is 0.414. The van der Waals surface area contributed by atoms with Gasteiger partial charge >= 0.3 is 0 Å². The van der Waals surface area contributed by atoms with Crippen LogP contribution in [0.4, 0.5) is 0 Å². The summed E-state index contributed by atoms with van der Waals surface area (Å²) in [4.78, 5) is 0. The van der Waals surface area contributed by atoms with Crippen LogP contribution in [0, 0.1) is 0 Å². The van der Waals surface area contributed by atoms with E-state index in [2.05, 4.69) is 12.1 Å². The van der Waals surface area contributed by atoms with E-state index >= 15 is 0 Å². The van der Waals surface area contributed by atoms with Crippen molar-refractivity contribution in [3.63, 3.8) is 0 Å². The Morgan fingerprint density at radius 2 is 1.62 bits per heavy atom. The third-order valence-corrected chi connectivity index (χ3v) is 2.16. The molecule has 0 N–H and O–H groups in total. The molecule has 1 aromatic carbocycles. The molecule has 0 spiro atoms. The van der Waals surface area contributed by atoms with Gasteiger partial charge in [-0.05, 0) is 36.5 Å². The minimum Gasteiger partial charge on any atom is -0.497 e. The highest BCUT2D eigenvalue weighted by Gasteiger charge is 2.22. The van der Waals surface area contributed by atoms with Gasteiger partial charge in [-0.2, -0.15) is 0 Å². The smallest absolute Gasteiger partial charge is 0.118 e. The van der Waals surface area contributed by atoms with E-state index in [9.17, 15) is 0 Å². The molecule has 0 bridgehead atoms. The van der Waals surface area contributed by atoms with Gasteiger partial charge in [0.2, 0.25) is 0 Å². The molecule has 0 saturated heterocycles. The predicted molar refractivity (Wildman–Crippen MR) is 56.3 cm³/mol. The predicted octanol–water partition coefficient (Wildman–Crippen LogP) is 3.60. The Bertz CT molecular complexity index is 234. The number of rotatable bonds is 2. The van der Waals surface area contributed by atoms with Crippen molar-refractivity contribution >= 4 is 0 Å². The van der Waals surface area contributed by atoms with Crippen LogP contribution in [0.3, 0.4) is 0 Å². The van der Waals surface area contributed by atoms with Crippen LogP contribution < -0.4 is 4.74 Å². The van der Waals surface area contributed by atoms with Gasteiger partial charge in [0.15, 0.2) is 0 Å². The van der Waals surface area contributed by atoms with Crippen LogP contribution in [0.5, 0.6) is 5.75 Å². The molecule has 0 amide bonds. The van der Waals surface area contributed by atoms with E-state index in [1.807, 2.05) is 26.0 Å². The third kappa shape index (κ3) is 2.76. The Hall–Kier alpha value is -0.980. The first-order valence-corrected chi connectivity index (χ1v) is 5.04. The summed E-state index contributed by atoms with van der Waals surface area (Å²) in [7, 11) is 1.70. The number of hydrogen-bond donors (Lipinski definition) is 0.